The summed E-state index contributed by atoms with van der Waals surface area (Å²) in [7, 11) is 0. The van der Waals surface area contributed by atoms with Crippen LogP contribution in [-0.2, 0) is 4.79 Å². The van der Waals surface area contributed by atoms with Crippen LogP contribution in [-0.4, -0.2) is 54.4 Å². The lowest BCUT2D eigenvalue weighted by molar-refractivity contribution is -0.123. The first-order chi connectivity index (χ1) is 15.1. The Morgan fingerprint density at radius 1 is 1.16 bits per heavy atom. The highest BCUT2D eigenvalue weighted by Gasteiger charge is 2.27. The van der Waals surface area contributed by atoms with Crippen molar-refractivity contribution in [2.45, 2.75) is 37.8 Å². The highest BCUT2D eigenvalue weighted by atomic mass is 79.9. The molecule has 31 heavy (non-hydrogen) atoms. The summed E-state index contributed by atoms with van der Waals surface area (Å²) in [5.74, 6) is 1.22. The van der Waals surface area contributed by atoms with E-state index in [-0.39, 0.29) is 17.9 Å². The molecule has 0 bridgehead atoms. The number of nitrogens with one attached hydrogen (secondary N) is 2. The highest BCUT2D eigenvalue weighted by Crippen LogP contribution is 2.24. The van der Waals surface area contributed by atoms with Crippen molar-refractivity contribution in [3.05, 3.63) is 58.5 Å². The fourth-order valence-electron chi connectivity index (χ4n) is 3.83. The van der Waals surface area contributed by atoms with Crippen molar-refractivity contribution in [3.63, 3.8) is 0 Å². The molecule has 1 aromatic heterocycles. The number of halogens is 1. The number of hydrogen-bond acceptors (Lipinski definition) is 5. The van der Waals surface area contributed by atoms with Gasteiger partial charge in [-0.3, -0.25) is 14.5 Å². The van der Waals surface area contributed by atoms with Crippen LogP contribution >= 0.6 is 27.7 Å². The van der Waals surface area contributed by atoms with Gasteiger partial charge in [-0.1, -0.05) is 18.6 Å². The van der Waals surface area contributed by atoms with Crippen LogP contribution in [0.1, 0.15) is 47.8 Å². The van der Waals surface area contributed by atoms with Gasteiger partial charge in [-0.15, -0.1) is 0 Å². The van der Waals surface area contributed by atoms with E-state index >= 15 is 0 Å². The topological polar surface area (TPSA) is 74.6 Å². The molecule has 2 heterocycles. The highest BCUT2D eigenvalue weighted by molar-refractivity contribution is 9.10. The van der Waals surface area contributed by atoms with Gasteiger partial charge in [0, 0.05) is 11.0 Å². The summed E-state index contributed by atoms with van der Waals surface area (Å²) in [4.78, 5) is 28.2. The maximum atomic E-state index is 13.1. The maximum Gasteiger partial charge on any atom is 0.253 e. The van der Waals surface area contributed by atoms with Crippen molar-refractivity contribution in [3.8, 4) is 0 Å². The SMILES string of the molecule is CSCC[C@@H](NC(=O)c1ccccc1Br)C(=O)NC[C@@H](c1ccco1)N1CCCCC1. The summed E-state index contributed by atoms with van der Waals surface area (Å²) in [6.45, 7) is 2.44. The molecule has 0 unspecified atom stereocenters. The van der Waals surface area contributed by atoms with Crippen LogP contribution in [0.15, 0.2) is 51.6 Å². The maximum absolute atomic E-state index is 13.1. The third-order valence-electron chi connectivity index (χ3n) is 5.52. The zero-order chi connectivity index (χ0) is 22.1. The van der Waals surface area contributed by atoms with Gasteiger partial charge < -0.3 is 15.1 Å². The Balaban J connectivity index is 1.66. The molecule has 168 valence electrons. The first-order valence-electron chi connectivity index (χ1n) is 10.7. The molecule has 2 atom stereocenters. The monoisotopic (exact) mass is 507 g/mol. The molecule has 2 N–H and O–H groups in total. The summed E-state index contributed by atoms with van der Waals surface area (Å²) >= 11 is 5.07. The molecule has 1 aliphatic heterocycles. The Morgan fingerprint density at radius 2 is 1.94 bits per heavy atom. The van der Waals surface area contributed by atoms with Crippen molar-refractivity contribution in [1.82, 2.24) is 15.5 Å². The van der Waals surface area contributed by atoms with Crippen molar-refractivity contribution in [2.24, 2.45) is 0 Å². The Hall–Kier alpha value is -1.77. The molecule has 0 radical (unpaired) electrons. The molecule has 2 amide bonds. The van der Waals surface area contributed by atoms with Crippen LogP contribution < -0.4 is 10.6 Å². The summed E-state index contributed by atoms with van der Waals surface area (Å²) < 4.78 is 6.38. The molecule has 1 fully saturated rings. The minimum Gasteiger partial charge on any atom is -0.468 e. The molecule has 3 rings (SSSR count). The molecule has 1 aromatic carbocycles. The molecule has 0 spiro atoms. The first-order valence-corrected chi connectivity index (χ1v) is 12.9. The van der Waals surface area contributed by atoms with Gasteiger partial charge in [-0.05, 0) is 84.6 Å². The fraction of sp³-hybridized carbons (Fsp3) is 0.478. The van der Waals surface area contributed by atoms with Gasteiger partial charge in [0.15, 0.2) is 0 Å². The van der Waals surface area contributed by atoms with Gasteiger partial charge in [0.05, 0.1) is 17.9 Å². The van der Waals surface area contributed by atoms with Gasteiger partial charge in [0.1, 0.15) is 11.8 Å². The van der Waals surface area contributed by atoms with Crippen molar-refractivity contribution >= 4 is 39.5 Å². The number of piperidine rings is 1. The molecule has 0 aliphatic carbocycles. The van der Waals surface area contributed by atoms with Crippen LogP contribution in [0.4, 0.5) is 0 Å². The predicted octanol–water partition coefficient (Wildman–Crippen LogP) is 4.24. The summed E-state index contributed by atoms with van der Waals surface area (Å²) in [5.41, 5.74) is 0.520. The van der Waals surface area contributed by atoms with E-state index in [1.807, 2.05) is 36.6 Å². The average molecular weight is 508 g/mol. The predicted molar refractivity (Wildman–Crippen MR) is 128 cm³/mol. The number of rotatable bonds is 10. The molecule has 0 saturated carbocycles. The standard InChI is InChI=1S/C23H30BrN3O3S/c1-31-15-11-19(26-22(28)17-8-3-4-9-18(17)24)23(29)25-16-20(21-10-7-14-30-21)27-12-5-2-6-13-27/h3-4,7-10,14,19-20H,2,5-6,11-13,15-16H2,1H3,(H,25,29)(H,26,28)/t19-,20+/m1/s1. The van der Waals surface area contributed by atoms with E-state index in [4.69, 9.17) is 4.42 Å². The number of amides is 2. The molecule has 1 saturated heterocycles. The van der Waals surface area contributed by atoms with E-state index in [2.05, 4.69) is 31.5 Å². The third-order valence-corrected chi connectivity index (χ3v) is 6.86. The smallest absolute Gasteiger partial charge is 0.253 e. The third kappa shape index (κ3) is 6.85. The van der Waals surface area contributed by atoms with Crippen LogP contribution in [0.3, 0.4) is 0 Å². The molecular weight excluding hydrogens is 478 g/mol. The molecule has 8 heteroatoms. The van der Waals surface area contributed by atoms with Crippen LogP contribution in [0.2, 0.25) is 0 Å². The molecule has 1 aliphatic rings. The quantitative estimate of drug-likeness (QED) is 0.503. The van der Waals surface area contributed by atoms with Crippen LogP contribution in [0, 0.1) is 0 Å². The van der Waals surface area contributed by atoms with Gasteiger partial charge >= 0.3 is 0 Å². The van der Waals surface area contributed by atoms with E-state index in [0.717, 1.165) is 37.4 Å². The van der Waals surface area contributed by atoms with Crippen molar-refractivity contribution in [1.29, 1.82) is 0 Å². The second kappa shape index (κ2) is 12.3. The Labute approximate surface area is 196 Å². The minimum absolute atomic E-state index is 0.000538. The average Bonchev–Trinajstić information content (AvgIpc) is 3.32. The van der Waals surface area contributed by atoms with Crippen LogP contribution in [0.25, 0.3) is 0 Å². The number of nitrogens with zero attached hydrogens (tertiary/aromatic N) is 1. The number of furan rings is 1. The molecular formula is C23H30BrN3O3S. The number of hydrogen-bond donors (Lipinski definition) is 2. The van der Waals surface area contributed by atoms with Gasteiger partial charge in [-0.2, -0.15) is 11.8 Å². The second-order valence-electron chi connectivity index (χ2n) is 7.66. The van der Waals surface area contributed by atoms with E-state index in [1.165, 1.54) is 6.42 Å². The Morgan fingerprint density at radius 3 is 2.61 bits per heavy atom. The van der Waals surface area contributed by atoms with Crippen LogP contribution in [0.5, 0.6) is 0 Å². The number of likely N-dealkylation sites (tertiary alicyclic amines) is 1. The number of carbonyl (C=O) groups excluding carboxylic acids is 2. The summed E-state index contributed by atoms with van der Waals surface area (Å²) in [6.07, 6.45) is 7.79. The molecule has 6 nitrogen and oxygen atoms in total. The lowest BCUT2D eigenvalue weighted by Crippen LogP contribution is -2.49. The summed E-state index contributed by atoms with van der Waals surface area (Å²) in [6, 6.07) is 10.5. The second-order valence-corrected chi connectivity index (χ2v) is 9.50. The zero-order valence-electron chi connectivity index (χ0n) is 17.8. The molecule has 2 aromatic rings. The zero-order valence-corrected chi connectivity index (χ0v) is 20.2. The Kier molecular flexibility index (Phi) is 9.49. The minimum atomic E-state index is -0.592. The van der Waals surface area contributed by atoms with E-state index in [0.29, 0.717) is 23.0 Å². The van der Waals surface area contributed by atoms with E-state index < -0.39 is 6.04 Å². The van der Waals surface area contributed by atoms with Crippen molar-refractivity contribution in [2.75, 3.05) is 31.6 Å². The summed E-state index contributed by atoms with van der Waals surface area (Å²) in [5, 5.41) is 5.99. The Bertz CT molecular complexity index is 840. The van der Waals surface area contributed by atoms with Gasteiger partial charge in [0.2, 0.25) is 5.91 Å². The number of benzene rings is 1. The first kappa shape index (κ1) is 23.9. The normalized spacial score (nSPS) is 16.5. The van der Waals surface area contributed by atoms with Gasteiger partial charge in [-0.25, -0.2) is 0 Å². The fourth-order valence-corrected chi connectivity index (χ4v) is 4.76. The lowest BCUT2D eigenvalue weighted by Gasteiger charge is -2.33. The van der Waals surface area contributed by atoms with Gasteiger partial charge in [0.25, 0.3) is 5.91 Å². The van der Waals surface area contributed by atoms with E-state index in [1.54, 1.807) is 24.1 Å². The van der Waals surface area contributed by atoms with Crippen molar-refractivity contribution < 1.29 is 14.0 Å². The lowest BCUT2D eigenvalue weighted by atomic mass is 10.1. The number of carbonyl (C=O) groups is 2. The van der Waals surface area contributed by atoms with E-state index in [9.17, 15) is 9.59 Å². The number of thioether (sulfide) groups is 1. The largest absolute Gasteiger partial charge is 0.468 e.